The Kier molecular flexibility index (Phi) is 3.19. The molecule has 2 rings (SSSR count). The molecule has 0 unspecified atom stereocenters. The van der Waals surface area contributed by atoms with Crippen LogP contribution in [0.5, 0.6) is 0 Å². The van der Waals surface area contributed by atoms with Crippen molar-refractivity contribution in [3.05, 3.63) is 45.8 Å². The van der Waals surface area contributed by atoms with Crippen LogP contribution in [0, 0.1) is 17.0 Å². The molecule has 6 nitrogen and oxygen atoms in total. The molecule has 1 heterocycles. The summed E-state index contributed by atoms with van der Waals surface area (Å²) in [6.07, 6.45) is 1.67. The smallest absolute Gasteiger partial charge is 0.258 e. The Balaban J connectivity index is 2.61. The lowest BCUT2D eigenvalue weighted by Gasteiger charge is -2.04. The zero-order valence-corrected chi connectivity index (χ0v) is 10.6. The van der Waals surface area contributed by atoms with Gasteiger partial charge in [0.1, 0.15) is 5.69 Å². The molecule has 0 aliphatic carbocycles. The number of halogens is 1. The minimum atomic E-state index is -0.419. The number of rotatable bonds is 3. The van der Waals surface area contributed by atoms with Gasteiger partial charge in [0.15, 0.2) is 0 Å². The van der Waals surface area contributed by atoms with E-state index in [-0.39, 0.29) is 5.69 Å². The van der Waals surface area contributed by atoms with Crippen LogP contribution >= 0.6 is 15.9 Å². The molecule has 0 amide bonds. The summed E-state index contributed by atoms with van der Waals surface area (Å²) < 4.78 is 1.43. The van der Waals surface area contributed by atoms with Crippen LogP contribution in [-0.4, -0.2) is 19.9 Å². The monoisotopic (exact) mass is 296 g/mol. The molecule has 0 saturated heterocycles. The molecule has 0 radical (unpaired) electrons. The fraction of sp³-hybridized carbons (Fsp3) is 0.200. The number of para-hydroxylation sites is 1. The Morgan fingerprint density at radius 3 is 2.88 bits per heavy atom. The molecule has 0 spiro atoms. The SMILES string of the molecule is Cc1cccc([N+](=O)[O-])c1-n1cc(CBr)nn1. The van der Waals surface area contributed by atoms with Crippen LogP contribution in [0.15, 0.2) is 24.4 Å². The number of nitro groups is 1. The standard InChI is InChI=1S/C10H9BrN4O2/c1-7-3-2-4-9(15(16)17)10(7)14-6-8(5-11)12-13-14/h2-4,6H,5H2,1H3. The van der Waals surface area contributed by atoms with E-state index in [0.717, 1.165) is 11.3 Å². The molecular weight excluding hydrogens is 288 g/mol. The van der Waals surface area contributed by atoms with Crippen molar-refractivity contribution >= 4 is 21.6 Å². The zero-order valence-electron chi connectivity index (χ0n) is 9.00. The van der Waals surface area contributed by atoms with Gasteiger partial charge in [-0.15, -0.1) is 5.10 Å². The normalized spacial score (nSPS) is 10.5. The summed E-state index contributed by atoms with van der Waals surface area (Å²) in [6, 6.07) is 4.91. The van der Waals surface area contributed by atoms with Crippen molar-refractivity contribution in [2.45, 2.75) is 12.3 Å². The molecule has 0 atom stereocenters. The highest BCUT2D eigenvalue weighted by Gasteiger charge is 2.18. The molecular formula is C10H9BrN4O2. The minimum Gasteiger partial charge on any atom is -0.258 e. The molecule has 0 aliphatic heterocycles. The number of hydrogen-bond donors (Lipinski definition) is 0. The van der Waals surface area contributed by atoms with Gasteiger partial charge >= 0.3 is 0 Å². The van der Waals surface area contributed by atoms with Crippen molar-refractivity contribution in [3.63, 3.8) is 0 Å². The van der Waals surface area contributed by atoms with Gasteiger partial charge in [-0.25, -0.2) is 4.68 Å². The Bertz CT molecular complexity index is 567. The average Bonchev–Trinajstić information content (AvgIpc) is 2.76. The van der Waals surface area contributed by atoms with Gasteiger partial charge in [-0.05, 0) is 12.5 Å². The molecule has 1 aromatic heterocycles. The highest BCUT2D eigenvalue weighted by molar-refractivity contribution is 9.08. The van der Waals surface area contributed by atoms with Crippen molar-refractivity contribution < 1.29 is 4.92 Å². The number of nitrogens with zero attached hydrogens (tertiary/aromatic N) is 4. The second-order valence-corrected chi connectivity index (χ2v) is 4.05. The van der Waals surface area contributed by atoms with Crippen LogP contribution in [0.2, 0.25) is 0 Å². The average molecular weight is 297 g/mol. The number of benzene rings is 1. The van der Waals surface area contributed by atoms with Gasteiger partial charge in [0.25, 0.3) is 5.69 Å². The van der Waals surface area contributed by atoms with E-state index in [1.165, 1.54) is 10.7 Å². The van der Waals surface area contributed by atoms with E-state index in [4.69, 9.17) is 0 Å². The first-order valence-corrected chi connectivity index (χ1v) is 5.97. The van der Waals surface area contributed by atoms with Gasteiger partial charge in [-0.2, -0.15) is 0 Å². The van der Waals surface area contributed by atoms with E-state index in [1.54, 1.807) is 25.3 Å². The maximum atomic E-state index is 11.0. The number of aromatic nitrogens is 3. The summed E-state index contributed by atoms with van der Waals surface area (Å²) in [5, 5.41) is 19.3. The number of hydrogen-bond acceptors (Lipinski definition) is 4. The van der Waals surface area contributed by atoms with Crippen molar-refractivity contribution in [2.75, 3.05) is 0 Å². The third-order valence-corrected chi connectivity index (χ3v) is 2.89. The van der Waals surface area contributed by atoms with Crippen LogP contribution in [0.1, 0.15) is 11.3 Å². The van der Waals surface area contributed by atoms with Crippen molar-refractivity contribution in [2.24, 2.45) is 0 Å². The molecule has 1 aromatic carbocycles. The molecule has 17 heavy (non-hydrogen) atoms. The first kappa shape index (κ1) is 11.7. The quantitative estimate of drug-likeness (QED) is 0.495. The summed E-state index contributed by atoms with van der Waals surface area (Å²) in [4.78, 5) is 10.5. The highest BCUT2D eigenvalue weighted by Crippen LogP contribution is 2.25. The molecule has 0 saturated carbocycles. The Morgan fingerprint density at radius 2 is 2.29 bits per heavy atom. The van der Waals surface area contributed by atoms with E-state index in [0.29, 0.717) is 11.0 Å². The van der Waals surface area contributed by atoms with Crippen LogP contribution in [-0.2, 0) is 5.33 Å². The van der Waals surface area contributed by atoms with E-state index < -0.39 is 4.92 Å². The van der Waals surface area contributed by atoms with Crippen LogP contribution < -0.4 is 0 Å². The number of alkyl halides is 1. The van der Waals surface area contributed by atoms with Gasteiger partial charge in [0.05, 0.1) is 16.8 Å². The molecule has 88 valence electrons. The third-order valence-electron chi connectivity index (χ3n) is 2.32. The summed E-state index contributed by atoms with van der Waals surface area (Å²) in [5.74, 6) is 0. The van der Waals surface area contributed by atoms with Crippen molar-refractivity contribution in [3.8, 4) is 5.69 Å². The second kappa shape index (κ2) is 4.62. The topological polar surface area (TPSA) is 73.8 Å². The first-order valence-electron chi connectivity index (χ1n) is 4.85. The van der Waals surface area contributed by atoms with Crippen LogP contribution in [0.3, 0.4) is 0 Å². The summed E-state index contributed by atoms with van der Waals surface area (Å²) >= 11 is 3.26. The maximum absolute atomic E-state index is 11.0. The number of aryl methyl sites for hydroxylation is 1. The zero-order chi connectivity index (χ0) is 12.4. The second-order valence-electron chi connectivity index (χ2n) is 3.49. The Morgan fingerprint density at radius 1 is 1.53 bits per heavy atom. The lowest BCUT2D eigenvalue weighted by molar-refractivity contribution is -0.384. The molecule has 2 aromatic rings. The lowest BCUT2D eigenvalue weighted by atomic mass is 10.1. The predicted octanol–water partition coefficient (Wildman–Crippen LogP) is 2.38. The molecule has 0 N–H and O–H groups in total. The third kappa shape index (κ3) is 2.19. The fourth-order valence-corrected chi connectivity index (χ4v) is 1.81. The summed E-state index contributed by atoms with van der Waals surface area (Å²) in [6.45, 7) is 1.80. The number of nitro benzene ring substituents is 1. The molecule has 0 fully saturated rings. The van der Waals surface area contributed by atoms with Gasteiger partial charge in [-0.1, -0.05) is 33.3 Å². The summed E-state index contributed by atoms with van der Waals surface area (Å²) in [7, 11) is 0. The maximum Gasteiger partial charge on any atom is 0.295 e. The lowest BCUT2D eigenvalue weighted by Crippen LogP contribution is -2.03. The Labute approximate surface area is 106 Å². The minimum absolute atomic E-state index is 0.0241. The predicted molar refractivity (Wildman–Crippen MR) is 65.4 cm³/mol. The first-order chi connectivity index (χ1) is 8.13. The van der Waals surface area contributed by atoms with Crippen LogP contribution in [0.25, 0.3) is 5.69 Å². The van der Waals surface area contributed by atoms with Crippen LogP contribution in [0.4, 0.5) is 5.69 Å². The molecule has 0 aliphatic rings. The van der Waals surface area contributed by atoms with Crippen molar-refractivity contribution in [1.29, 1.82) is 0 Å². The van der Waals surface area contributed by atoms with Gasteiger partial charge in [-0.3, -0.25) is 10.1 Å². The van der Waals surface area contributed by atoms with Crippen molar-refractivity contribution in [1.82, 2.24) is 15.0 Å². The van der Waals surface area contributed by atoms with E-state index in [1.807, 2.05) is 0 Å². The van der Waals surface area contributed by atoms with Gasteiger partial charge < -0.3 is 0 Å². The highest BCUT2D eigenvalue weighted by atomic mass is 79.9. The van der Waals surface area contributed by atoms with Gasteiger partial charge in [0.2, 0.25) is 0 Å². The van der Waals surface area contributed by atoms with E-state index in [9.17, 15) is 10.1 Å². The fourth-order valence-electron chi connectivity index (χ4n) is 1.56. The largest absolute Gasteiger partial charge is 0.295 e. The molecule has 0 bridgehead atoms. The van der Waals surface area contributed by atoms with Gasteiger partial charge in [0, 0.05) is 11.4 Å². The summed E-state index contributed by atoms with van der Waals surface area (Å²) in [5.41, 5.74) is 1.99. The van der Waals surface area contributed by atoms with E-state index in [2.05, 4.69) is 26.2 Å². The van der Waals surface area contributed by atoms with E-state index >= 15 is 0 Å². The molecule has 7 heteroatoms. The Hall–Kier alpha value is -1.76.